The fourth-order valence-electron chi connectivity index (χ4n) is 2.34. The molecule has 17 heavy (non-hydrogen) atoms. The second kappa shape index (κ2) is 4.04. The van der Waals surface area contributed by atoms with Crippen LogP contribution in [0.4, 0.5) is 11.4 Å². The Kier molecular flexibility index (Phi) is 2.52. The minimum atomic E-state index is 0.181. The average Bonchev–Trinajstić information content (AvgIpc) is 2.52. The molecule has 2 heterocycles. The first-order valence-electron chi connectivity index (χ1n) is 6.08. The molecule has 4 nitrogen and oxygen atoms in total. The number of hydrogen-bond acceptors (Lipinski definition) is 3. The Morgan fingerprint density at radius 2 is 2.29 bits per heavy atom. The SMILES string of the molecule is CN1C(=O)Cc2cc(NCC3CNC3)ccc21. The van der Waals surface area contributed by atoms with Crippen LogP contribution in [-0.4, -0.2) is 32.6 Å². The van der Waals surface area contributed by atoms with E-state index in [9.17, 15) is 4.79 Å². The minimum absolute atomic E-state index is 0.181. The molecule has 1 fully saturated rings. The summed E-state index contributed by atoms with van der Waals surface area (Å²) in [6.07, 6.45) is 0.534. The average molecular weight is 231 g/mol. The molecule has 2 aliphatic heterocycles. The van der Waals surface area contributed by atoms with Gasteiger partial charge in [0.15, 0.2) is 0 Å². The number of carbonyl (C=O) groups excluding carboxylic acids is 1. The number of rotatable bonds is 3. The molecule has 2 aliphatic rings. The standard InChI is InChI=1S/C13H17N3O/c1-16-12-3-2-11(4-10(12)5-13(16)17)15-8-9-6-14-7-9/h2-4,9,14-15H,5-8H2,1H3. The summed E-state index contributed by atoms with van der Waals surface area (Å²) in [5.41, 5.74) is 3.30. The normalized spacial score (nSPS) is 19.1. The van der Waals surface area contributed by atoms with Crippen molar-refractivity contribution in [3.63, 3.8) is 0 Å². The first kappa shape index (κ1) is 10.6. The van der Waals surface area contributed by atoms with Crippen LogP contribution in [0.1, 0.15) is 5.56 Å². The van der Waals surface area contributed by atoms with Gasteiger partial charge >= 0.3 is 0 Å². The number of nitrogens with zero attached hydrogens (tertiary/aromatic N) is 1. The number of amides is 1. The second-order valence-electron chi connectivity index (χ2n) is 4.88. The zero-order valence-electron chi connectivity index (χ0n) is 9.99. The molecule has 0 aliphatic carbocycles. The Labute approximate surface area is 101 Å². The minimum Gasteiger partial charge on any atom is -0.385 e. The first-order chi connectivity index (χ1) is 8.24. The summed E-state index contributed by atoms with van der Waals surface area (Å²) in [5.74, 6) is 0.924. The van der Waals surface area contributed by atoms with Crippen LogP contribution in [0.2, 0.25) is 0 Å². The molecular weight excluding hydrogens is 214 g/mol. The van der Waals surface area contributed by atoms with Gasteiger partial charge in [0.2, 0.25) is 5.91 Å². The molecule has 0 aromatic heterocycles. The van der Waals surface area contributed by atoms with Crippen molar-refractivity contribution in [2.45, 2.75) is 6.42 Å². The van der Waals surface area contributed by atoms with Gasteiger partial charge in [-0.2, -0.15) is 0 Å². The number of carbonyl (C=O) groups is 1. The van der Waals surface area contributed by atoms with E-state index in [0.717, 1.165) is 42.5 Å². The number of nitrogens with one attached hydrogen (secondary N) is 2. The Balaban J connectivity index is 1.71. The molecule has 0 spiro atoms. The van der Waals surface area contributed by atoms with E-state index in [1.807, 2.05) is 13.1 Å². The van der Waals surface area contributed by atoms with E-state index < -0.39 is 0 Å². The number of likely N-dealkylation sites (N-methyl/N-ethyl adjacent to an activating group) is 1. The van der Waals surface area contributed by atoms with Crippen LogP contribution in [0.3, 0.4) is 0 Å². The van der Waals surface area contributed by atoms with Crippen molar-refractivity contribution in [3.8, 4) is 0 Å². The van der Waals surface area contributed by atoms with Gasteiger partial charge in [-0.3, -0.25) is 4.79 Å². The van der Waals surface area contributed by atoms with Gasteiger partial charge in [0.05, 0.1) is 6.42 Å². The highest BCUT2D eigenvalue weighted by atomic mass is 16.2. The van der Waals surface area contributed by atoms with E-state index >= 15 is 0 Å². The summed E-state index contributed by atoms with van der Waals surface area (Å²) in [6, 6.07) is 6.18. The summed E-state index contributed by atoms with van der Waals surface area (Å²) in [5, 5.41) is 6.70. The molecule has 90 valence electrons. The molecule has 0 saturated carbocycles. The lowest BCUT2D eigenvalue weighted by molar-refractivity contribution is -0.117. The summed E-state index contributed by atoms with van der Waals surface area (Å²) in [4.78, 5) is 13.3. The van der Waals surface area contributed by atoms with Gasteiger partial charge in [0.25, 0.3) is 0 Å². The molecule has 1 amide bonds. The van der Waals surface area contributed by atoms with Crippen molar-refractivity contribution >= 4 is 17.3 Å². The zero-order chi connectivity index (χ0) is 11.8. The summed E-state index contributed by atoms with van der Waals surface area (Å²) in [6.45, 7) is 3.23. The van der Waals surface area contributed by atoms with Gasteiger partial charge in [-0.25, -0.2) is 0 Å². The number of anilines is 2. The summed E-state index contributed by atoms with van der Waals surface area (Å²) < 4.78 is 0. The molecule has 0 radical (unpaired) electrons. The number of benzene rings is 1. The van der Waals surface area contributed by atoms with E-state index in [-0.39, 0.29) is 5.91 Å². The fourth-order valence-corrected chi connectivity index (χ4v) is 2.34. The van der Waals surface area contributed by atoms with Crippen LogP contribution in [0.25, 0.3) is 0 Å². The smallest absolute Gasteiger partial charge is 0.231 e. The molecule has 1 aromatic carbocycles. The van der Waals surface area contributed by atoms with Crippen molar-refractivity contribution in [1.82, 2.24) is 5.32 Å². The van der Waals surface area contributed by atoms with Crippen LogP contribution in [0.5, 0.6) is 0 Å². The molecule has 2 N–H and O–H groups in total. The third kappa shape index (κ3) is 1.89. The van der Waals surface area contributed by atoms with Crippen molar-refractivity contribution in [3.05, 3.63) is 23.8 Å². The van der Waals surface area contributed by atoms with Gasteiger partial charge in [-0.15, -0.1) is 0 Å². The number of fused-ring (bicyclic) bond motifs is 1. The van der Waals surface area contributed by atoms with Gasteiger partial charge in [0.1, 0.15) is 0 Å². The summed E-state index contributed by atoms with van der Waals surface area (Å²) >= 11 is 0. The topological polar surface area (TPSA) is 44.4 Å². The van der Waals surface area contributed by atoms with Crippen LogP contribution < -0.4 is 15.5 Å². The predicted octanol–water partition coefficient (Wildman–Crippen LogP) is 0.837. The molecule has 0 unspecified atom stereocenters. The molecule has 0 bridgehead atoms. The lowest BCUT2D eigenvalue weighted by atomic mass is 10.0. The maximum atomic E-state index is 11.6. The maximum absolute atomic E-state index is 11.6. The lowest BCUT2D eigenvalue weighted by Gasteiger charge is -2.27. The molecule has 3 rings (SSSR count). The highest BCUT2D eigenvalue weighted by Crippen LogP contribution is 2.29. The van der Waals surface area contributed by atoms with E-state index in [2.05, 4.69) is 22.8 Å². The highest BCUT2D eigenvalue weighted by Gasteiger charge is 2.24. The fraction of sp³-hybridized carbons (Fsp3) is 0.462. The summed E-state index contributed by atoms with van der Waals surface area (Å²) in [7, 11) is 1.83. The third-order valence-electron chi connectivity index (χ3n) is 3.62. The molecule has 4 heteroatoms. The van der Waals surface area contributed by atoms with Crippen molar-refractivity contribution in [1.29, 1.82) is 0 Å². The van der Waals surface area contributed by atoms with Crippen molar-refractivity contribution in [2.75, 3.05) is 36.9 Å². The van der Waals surface area contributed by atoms with Crippen molar-refractivity contribution in [2.24, 2.45) is 5.92 Å². The second-order valence-corrected chi connectivity index (χ2v) is 4.88. The largest absolute Gasteiger partial charge is 0.385 e. The Hall–Kier alpha value is -1.55. The molecule has 1 aromatic rings. The quantitative estimate of drug-likeness (QED) is 0.810. The number of hydrogen-bond donors (Lipinski definition) is 2. The zero-order valence-corrected chi connectivity index (χ0v) is 9.99. The van der Waals surface area contributed by atoms with Crippen molar-refractivity contribution < 1.29 is 4.79 Å². The maximum Gasteiger partial charge on any atom is 0.231 e. The van der Waals surface area contributed by atoms with E-state index in [0.29, 0.717) is 6.42 Å². The molecular formula is C13H17N3O. The molecule has 0 atom stereocenters. The Morgan fingerprint density at radius 1 is 1.47 bits per heavy atom. The first-order valence-corrected chi connectivity index (χ1v) is 6.08. The van der Waals surface area contributed by atoms with E-state index in [1.54, 1.807) is 4.90 Å². The van der Waals surface area contributed by atoms with Gasteiger partial charge in [-0.05, 0) is 23.8 Å². The van der Waals surface area contributed by atoms with E-state index in [4.69, 9.17) is 0 Å². The van der Waals surface area contributed by atoms with Crippen LogP contribution in [-0.2, 0) is 11.2 Å². The Morgan fingerprint density at radius 3 is 3.00 bits per heavy atom. The van der Waals surface area contributed by atoms with Crippen LogP contribution >= 0.6 is 0 Å². The third-order valence-corrected chi connectivity index (χ3v) is 3.62. The van der Waals surface area contributed by atoms with Gasteiger partial charge < -0.3 is 15.5 Å². The van der Waals surface area contributed by atoms with E-state index in [1.165, 1.54) is 0 Å². The Bertz CT molecular complexity index is 454. The van der Waals surface area contributed by atoms with Crippen LogP contribution in [0.15, 0.2) is 18.2 Å². The predicted molar refractivity (Wildman–Crippen MR) is 68.4 cm³/mol. The molecule has 1 saturated heterocycles. The monoisotopic (exact) mass is 231 g/mol. The highest BCUT2D eigenvalue weighted by molar-refractivity contribution is 6.01. The lowest BCUT2D eigenvalue weighted by Crippen LogP contribution is -2.45. The van der Waals surface area contributed by atoms with Crippen LogP contribution in [0, 0.1) is 5.92 Å². The van der Waals surface area contributed by atoms with Gasteiger partial charge in [0, 0.05) is 44.0 Å². The van der Waals surface area contributed by atoms with Gasteiger partial charge in [-0.1, -0.05) is 0 Å².